The summed E-state index contributed by atoms with van der Waals surface area (Å²) in [6, 6.07) is 7.67. The SMILES string of the molecule is CCCCCCCn1c(O)c(C2=NC(=S)NC2=O)c2ccccc21. The summed E-state index contributed by atoms with van der Waals surface area (Å²) in [6.45, 7) is 2.91. The van der Waals surface area contributed by atoms with Gasteiger partial charge in [0.15, 0.2) is 0 Å². The van der Waals surface area contributed by atoms with Crippen molar-refractivity contribution in [1.29, 1.82) is 0 Å². The molecule has 2 aromatic rings. The Morgan fingerprint density at radius 1 is 1.21 bits per heavy atom. The number of carbonyl (C=O) groups is 1. The Balaban J connectivity index is 1.96. The Hall–Kier alpha value is -2.21. The molecule has 24 heavy (non-hydrogen) atoms. The molecule has 1 aromatic heterocycles. The first-order valence-corrected chi connectivity index (χ1v) is 8.79. The van der Waals surface area contributed by atoms with E-state index in [-0.39, 0.29) is 22.6 Å². The van der Waals surface area contributed by atoms with Crippen LogP contribution in [-0.2, 0) is 11.3 Å². The van der Waals surface area contributed by atoms with Gasteiger partial charge in [-0.15, -0.1) is 0 Å². The first kappa shape index (κ1) is 16.6. The van der Waals surface area contributed by atoms with Crippen LogP contribution in [0.2, 0.25) is 0 Å². The third-order valence-electron chi connectivity index (χ3n) is 4.31. The summed E-state index contributed by atoms with van der Waals surface area (Å²) in [6.07, 6.45) is 5.75. The molecule has 1 amide bonds. The maximum atomic E-state index is 12.1. The van der Waals surface area contributed by atoms with E-state index < -0.39 is 0 Å². The number of aryl methyl sites for hydroxylation is 1. The van der Waals surface area contributed by atoms with E-state index in [0.29, 0.717) is 5.56 Å². The number of aromatic hydroxyl groups is 1. The van der Waals surface area contributed by atoms with Gasteiger partial charge in [-0.05, 0) is 24.7 Å². The van der Waals surface area contributed by atoms with Gasteiger partial charge in [-0.25, -0.2) is 4.99 Å². The van der Waals surface area contributed by atoms with Crippen molar-refractivity contribution < 1.29 is 9.90 Å². The van der Waals surface area contributed by atoms with Gasteiger partial charge >= 0.3 is 0 Å². The summed E-state index contributed by atoms with van der Waals surface area (Å²) < 4.78 is 1.87. The van der Waals surface area contributed by atoms with E-state index in [1.165, 1.54) is 19.3 Å². The molecular weight excluding hydrogens is 322 g/mol. The number of aliphatic imine (C=N–C) groups is 1. The minimum absolute atomic E-state index is 0.0882. The molecule has 0 spiro atoms. The van der Waals surface area contributed by atoms with Crippen molar-refractivity contribution in [3.05, 3.63) is 29.8 Å². The molecule has 0 unspecified atom stereocenters. The topological polar surface area (TPSA) is 66.6 Å². The average Bonchev–Trinajstić information content (AvgIpc) is 3.03. The highest BCUT2D eigenvalue weighted by Crippen LogP contribution is 2.33. The fourth-order valence-corrected chi connectivity index (χ4v) is 3.31. The van der Waals surface area contributed by atoms with Crippen LogP contribution in [0.4, 0.5) is 0 Å². The largest absolute Gasteiger partial charge is 0.494 e. The number of nitrogens with one attached hydrogen (secondary N) is 1. The second kappa shape index (κ2) is 7.13. The number of unbranched alkanes of at least 4 members (excludes halogenated alkanes) is 4. The second-order valence-electron chi connectivity index (χ2n) is 6.00. The number of aromatic nitrogens is 1. The Morgan fingerprint density at radius 3 is 2.67 bits per heavy atom. The van der Waals surface area contributed by atoms with Crippen molar-refractivity contribution in [2.24, 2.45) is 4.99 Å². The lowest BCUT2D eigenvalue weighted by atomic mass is 10.1. The molecule has 0 atom stereocenters. The maximum absolute atomic E-state index is 12.1. The van der Waals surface area contributed by atoms with Gasteiger partial charge in [0.25, 0.3) is 5.91 Å². The summed E-state index contributed by atoms with van der Waals surface area (Å²) in [5, 5.41) is 14.2. The molecule has 0 aliphatic carbocycles. The van der Waals surface area contributed by atoms with Gasteiger partial charge in [-0.1, -0.05) is 50.8 Å². The smallest absolute Gasteiger partial charge is 0.277 e. The van der Waals surface area contributed by atoms with E-state index in [1.807, 2.05) is 28.8 Å². The summed E-state index contributed by atoms with van der Waals surface area (Å²) in [5.74, 6) is -0.272. The lowest BCUT2D eigenvalue weighted by molar-refractivity contribution is -0.113. The molecule has 0 saturated heterocycles. The third kappa shape index (κ3) is 3.06. The number of hydrogen-bond donors (Lipinski definition) is 2. The number of amides is 1. The number of nitrogens with zero attached hydrogens (tertiary/aromatic N) is 2. The molecule has 5 nitrogen and oxygen atoms in total. The van der Waals surface area contributed by atoms with Crippen LogP contribution in [-0.4, -0.2) is 26.4 Å². The molecule has 6 heteroatoms. The summed E-state index contributed by atoms with van der Waals surface area (Å²) in [4.78, 5) is 16.2. The number of thiocarbonyl (C=S) groups is 1. The number of benzene rings is 1. The van der Waals surface area contributed by atoms with Crippen molar-refractivity contribution in [1.82, 2.24) is 9.88 Å². The molecule has 2 heterocycles. The molecule has 0 fully saturated rings. The fraction of sp³-hybridized carbons (Fsp3) is 0.389. The number of rotatable bonds is 7. The Bertz CT molecular complexity index is 823. The number of hydrogen-bond acceptors (Lipinski definition) is 3. The van der Waals surface area contributed by atoms with Crippen molar-refractivity contribution >= 4 is 39.9 Å². The molecule has 1 aliphatic rings. The standard InChI is InChI=1S/C18H21N3O2S/c1-2-3-4-5-8-11-21-13-10-7-6-9-12(13)14(17(21)23)15-16(22)20-18(24)19-15/h6-7,9-10,23H,2-5,8,11H2,1H3,(H,20,22,24). The Kier molecular flexibility index (Phi) is 4.94. The molecular formula is C18H21N3O2S. The number of para-hydroxylation sites is 1. The van der Waals surface area contributed by atoms with Gasteiger partial charge in [0.1, 0.15) is 5.71 Å². The zero-order valence-corrected chi connectivity index (χ0v) is 14.5. The molecule has 0 radical (unpaired) electrons. The average molecular weight is 343 g/mol. The van der Waals surface area contributed by atoms with Gasteiger partial charge < -0.3 is 9.67 Å². The lowest BCUT2D eigenvalue weighted by Gasteiger charge is -2.07. The van der Waals surface area contributed by atoms with Crippen molar-refractivity contribution in [3.63, 3.8) is 0 Å². The van der Waals surface area contributed by atoms with Gasteiger partial charge in [0.2, 0.25) is 11.0 Å². The monoisotopic (exact) mass is 343 g/mol. The lowest BCUT2D eigenvalue weighted by Crippen LogP contribution is -2.25. The van der Waals surface area contributed by atoms with Gasteiger partial charge in [0, 0.05) is 11.9 Å². The highest BCUT2D eigenvalue weighted by atomic mass is 32.1. The second-order valence-corrected chi connectivity index (χ2v) is 6.39. The van der Waals surface area contributed by atoms with Crippen LogP contribution >= 0.6 is 12.2 Å². The van der Waals surface area contributed by atoms with Gasteiger partial charge in [-0.2, -0.15) is 0 Å². The molecule has 0 saturated carbocycles. The third-order valence-corrected chi connectivity index (χ3v) is 4.51. The van der Waals surface area contributed by atoms with Crippen LogP contribution in [0.3, 0.4) is 0 Å². The first-order valence-electron chi connectivity index (χ1n) is 8.38. The zero-order valence-electron chi connectivity index (χ0n) is 13.7. The van der Waals surface area contributed by atoms with Crippen LogP contribution in [0.5, 0.6) is 5.88 Å². The molecule has 3 rings (SSSR count). The minimum Gasteiger partial charge on any atom is -0.494 e. The molecule has 0 bridgehead atoms. The van der Waals surface area contributed by atoms with Crippen LogP contribution < -0.4 is 5.32 Å². The highest BCUT2D eigenvalue weighted by molar-refractivity contribution is 7.80. The van der Waals surface area contributed by atoms with Crippen molar-refractivity contribution in [2.75, 3.05) is 0 Å². The van der Waals surface area contributed by atoms with E-state index in [0.717, 1.165) is 30.3 Å². The zero-order chi connectivity index (χ0) is 17.1. The number of fused-ring (bicyclic) bond motifs is 1. The predicted octanol–water partition coefficient (Wildman–Crippen LogP) is 3.52. The molecule has 126 valence electrons. The van der Waals surface area contributed by atoms with Crippen LogP contribution in [0.1, 0.15) is 44.6 Å². The van der Waals surface area contributed by atoms with E-state index in [2.05, 4.69) is 17.2 Å². The van der Waals surface area contributed by atoms with Crippen LogP contribution in [0.25, 0.3) is 10.9 Å². The Labute approximate surface area is 146 Å². The minimum atomic E-state index is -0.360. The summed E-state index contributed by atoms with van der Waals surface area (Å²) in [5.41, 5.74) is 1.57. The summed E-state index contributed by atoms with van der Waals surface area (Å²) in [7, 11) is 0. The van der Waals surface area contributed by atoms with E-state index in [1.54, 1.807) is 0 Å². The van der Waals surface area contributed by atoms with E-state index in [9.17, 15) is 9.90 Å². The quantitative estimate of drug-likeness (QED) is 0.597. The molecule has 1 aromatic carbocycles. The normalized spacial score (nSPS) is 14.3. The molecule has 1 aliphatic heterocycles. The fourth-order valence-electron chi connectivity index (χ4n) is 3.13. The maximum Gasteiger partial charge on any atom is 0.277 e. The van der Waals surface area contributed by atoms with Crippen molar-refractivity contribution in [3.8, 4) is 5.88 Å². The molecule has 2 N–H and O–H groups in total. The highest BCUT2D eigenvalue weighted by Gasteiger charge is 2.29. The van der Waals surface area contributed by atoms with Gasteiger partial charge in [0.05, 0.1) is 11.1 Å². The van der Waals surface area contributed by atoms with Crippen LogP contribution in [0.15, 0.2) is 29.3 Å². The van der Waals surface area contributed by atoms with Crippen molar-refractivity contribution in [2.45, 2.75) is 45.6 Å². The van der Waals surface area contributed by atoms with E-state index in [4.69, 9.17) is 12.2 Å². The number of carbonyl (C=O) groups excluding carboxylic acids is 1. The Morgan fingerprint density at radius 2 is 1.96 bits per heavy atom. The first-order chi connectivity index (χ1) is 11.6. The van der Waals surface area contributed by atoms with Gasteiger partial charge in [-0.3, -0.25) is 10.1 Å². The van der Waals surface area contributed by atoms with E-state index >= 15 is 0 Å². The predicted molar refractivity (Wildman–Crippen MR) is 99.6 cm³/mol. The summed E-state index contributed by atoms with van der Waals surface area (Å²) >= 11 is 4.95. The van der Waals surface area contributed by atoms with Crippen LogP contribution in [0, 0.1) is 0 Å².